The van der Waals surface area contributed by atoms with Crippen LogP contribution in [0.15, 0.2) is 24.3 Å². The highest BCUT2D eigenvalue weighted by Crippen LogP contribution is 2.24. The first-order valence-electron chi connectivity index (χ1n) is 5.59. The molecular formula is C13H10ClN3O2. The number of benzene rings is 1. The van der Waals surface area contributed by atoms with Gasteiger partial charge in [0, 0.05) is 0 Å². The third-order valence-corrected chi connectivity index (χ3v) is 3.04. The number of aryl methyl sites for hydroxylation is 1. The maximum absolute atomic E-state index is 11.2. The normalized spacial score (nSPS) is 10.2. The number of aromatic nitrogens is 2. The van der Waals surface area contributed by atoms with Crippen LogP contribution in [0.4, 0.5) is 0 Å². The molecule has 0 aliphatic rings. The molecule has 0 aliphatic carbocycles. The van der Waals surface area contributed by atoms with Crippen LogP contribution in [0.5, 0.6) is 0 Å². The third kappa shape index (κ3) is 2.30. The van der Waals surface area contributed by atoms with Crippen molar-refractivity contribution in [2.45, 2.75) is 13.3 Å². The first kappa shape index (κ1) is 13.1. The molecule has 96 valence electrons. The molecule has 1 aromatic carbocycles. The number of nitrogens with zero attached hydrogens (tertiary/aromatic N) is 3. The number of hydrogen-bond acceptors (Lipinski definition) is 3. The van der Waals surface area contributed by atoms with Crippen molar-refractivity contribution >= 4 is 17.6 Å². The van der Waals surface area contributed by atoms with Crippen LogP contribution in [0.2, 0.25) is 5.15 Å². The smallest absolute Gasteiger partial charge is 0.340 e. The zero-order valence-corrected chi connectivity index (χ0v) is 10.8. The zero-order valence-electron chi connectivity index (χ0n) is 10.1. The highest BCUT2D eigenvalue weighted by molar-refractivity contribution is 6.32. The van der Waals surface area contributed by atoms with Gasteiger partial charge in [-0.15, -0.1) is 0 Å². The molecule has 0 fully saturated rings. The molecule has 0 unspecified atom stereocenters. The van der Waals surface area contributed by atoms with Crippen molar-refractivity contribution in [2.24, 2.45) is 0 Å². The molecule has 0 atom stereocenters. The summed E-state index contributed by atoms with van der Waals surface area (Å²) in [5.74, 6) is -1.10. The Bertz CT molecular complexity index is 668. The molecule has 19 heavy (non-hydrogen) atoms. The van der Waals surface area contributed by atoms with Gasteiger partial charge in [0.2, 0.25) is 0 Å². The molecule has 0 amide bonds. The van der Waals surface area contributed by atoms with Crippen LogP contribution in [0, 0.1) is 11.3 Å². The molecule has 0 spiro atoms. The maximum atomic E-state index is 11.2. The molecule has 0 saturated heterocycles. The number of nitriles is 1. The van der Waals surface area contributed by atoms with E-state index in [1.807, 2.05) is 13.0 Å². The lowest BCUT2D eigenvalue weighted by Gasteiger charge is -2.02. The van der Waals surface area contributed by atoms with Crippen LogP contribution in [-0.4, -0.2) is 20.9 Å². The molecule has 0 radical (unpaired) electrons. The summed E-state index contributed by atoms with van der Waals surface area (Å²) in [5.41, 5.74) is 1.59. The summed E-state index contributed by atoms with van der Waals surface area (Å²) in [5, 5.41) is 22.1. The van der Waals surface area contributed by atoms with Gasteiger partial charge in [0.05, 0.1) is 23.0 Å². The Morgan fingerprint density at radius 3 is 2.53 bits per heavy atom. The summed E-state index contributed by atoms with van der Waals surface area (Å²) in [4.78, 5) is 11.2. The van der Waals surface area contributed by atoms with Crippen LogP contribution < -0.4 is 0 Å². The Labute approximate surface area is 114 Å². The van der Waals surface area contributed by atoms with Gasteiger partial charge < -0.3 is 5.11 Å². The van der Waals surface area contributed by atoms with Crippen LogP contribution in [0.25, 0.3) is 5.69 Å². The molecule has 5 nitrogen and oxygen atoms in total. The van der Waals surface area contributed by atoms with Gasteiger partial charge in [0.25, 0.3) is 0 Å². The van der Waals surface area contributed by atoms with E-state index in [1.54, 1.807) is 24.3 Å². The maximum Gasteiger partial charge on any atom is 0.340 e. The number of halogens is 1. The van der Waals surface area contributed by atoms with E-state index in [0.29, 0.717) is 23.4 Å². The van der Waals surface area contributed by atoms with E-state index in [2.05, 4.69) is 5.10 Å². The van der Waals surface area contributed by atoms with Crippen LogP contribution in [0.3, 0.4) is 0 Å². The summed E-state index contributed by atoms with van der Waals surface area (Å²) in [7, 11) is 0. The lowest BCUT2D eigenvalue weighted by molar-refractivity contribution is 0.0696. The van der Waals surface area contributed by atoms with Gasteiger partial charge in [-0.05, 0) is 30.7 Å². The van der Waals surface area contributed by atoms with Crippen molar-refractivity contribution in [3.05, 3.63) is 46.2 Å². The molecule has 1 heterocycles. The summed E-state index contributed by atoms with van der Waals surface area (Å²) in [6, 6.07) is 8.60. The first-order valence-corrected chi connectivity index (χ1v) is 5.97. The van der Waals surface area contributed by atoms with E-state index in [0.717, 1.165) is 0 Å². The number of hydrogen-bond donors (Lipinski definition) is 1. The van der Waals surface area contributed by atoms with E-state index in [9.17, 15) is 4.79 Å². The SMILES string of the molecule is CCc1nn(-c2ccc(C#N)cc2)c(Cl)c1C(=O)O. The average molecular weight is 276 g/mol. The fourth-order valence-corrected chi connectivity index (χ4v) is 2.07. The van der Waals surface area contributed by atoms with Gasteiger partial charge in [-0.1, -0.05) is 18.5 Å². The summed E-state index contributed by atoms with van der Waals surface area (Å²) >= 11 is 6.07. The molecular weight excluding hydrogens is 266 g/mol. The molecule has 2 aromatic rings. The fraction of sp³-hybridized carbons (Fsp3) is 0.154. The minimum atomic E-state index is -1.10. The summed E-state index contributed by atoms with van der Waals surface area (Å²) in [6.07, 6.45) is 0.477. The molecule has 6 heteroatoms. The first-order chi connectivity index (χ1) is 9.08. The number of rotatable bonds is 3. The fourth-order valence-electron chi connectivity index (χ4n) is 1.75. The number of carbonyl (C=O) groups is 1. The Kier molecular flexibility index (Phi) is 3.54. The summed E-state index contributed by atoms with van der Waals surface area (Å²) < 4.78 is 1.37. The average Bonchev–Trinajstić information content (AvgIpc) is 2.76. The van der Waals surface area contributed by atoms with Crippen LogP contribution in [-0.2, 0) is 6.42 Å². The Morgan fingerprint density at radius 1 is 1.47 bits per heavy atom. The van der Waals surface area contributed by atoms with E-state index >= 15 is 0 Å². The van der Waals surface area contributed by atoms with Crippen molar-refractivity contribution in [3.63, 3.8) is 0 Å². The largest absolute Gasteiger partial charge is 0.478 e. The Balaban J connectivity index is 2.56. The second kappa shape index (κ2) is 5.12. The van der Waals surface area contributed by atoms with Gasteiger partial charge in [-0.3, -0.25) is 0 Å². The molecule has 1 aromatic heterocycles. The predicted octanol–water partition coefficient (Wildman–Crippen LogP) is 2.66. The quantitative estimate of drug-likeness (QED) is 0.934. The van der Waals surface area contributed by atoms with Crippen molar-refractivity contribution in [1.82, 2.24) is 9.78 Å². The van der Waals surface area contributed by atoms with E-state index in [1.165, 1.54) is 4.68 Å². The Hall–Kier alpha value is -2.32. The molecule has 0 bridgehead atoms. The minimum absolute atomic E-state index is 0.0218. The van der Waals surface area contributed by atoms with Gasteiger partial charge in [0.15, 0.2) is 0 Å². The summed E-state index contributed by atoms with van der Waals surface area (Å²) in [6.45, 7) is 1.81. The van der Waals surface area contributed by atoms with E-state index in [-0.39, 0.29) is 10.7 Å². The Morgan fingerprint density at radius 2 is 2.11 bits per heavy atom. The predicted molar refractivity (Wildman–Crippen MR) is 69.6 cm³/mol. The van der Waals surface area contributed by atoms with Crippen LogP contribution in [0.1, 0.15) is 28.5 Å². The zero-order chi connectivity index (χ0) is 14.0. The third-order valence-electron chi connectivity index (χ3n) is 2.69. The van der Waals surface area contributed by atoms with Gasteiger partial charge in [-0.2, -0.15) is 10.4 Å². The lowest BCUT2D eigenvalue weighted by Crippen LogP contribution is -2.00. The molecule has 0 aliphatic heterocycles. The van der Waals surface area contributed by atoms with Crippen molar-refractivity contribution < 1.29 is 9.90 Å². The second-order valence-corrected chi connectivity index (χ2v) is 4.20. The topological polar surface area (TPSA) is 78.9 Å². The van der Waals surface area contributed by atoms with Crippen molar-refractivity contribution in [1.29, 1.82) is 5.26 Å². The number of aromatic carboxylic acids is 1. The van der Waals surface area contributed by atoms with Crippen molar-refractivity contribution in [3.8, 4) is 11.8 Å². The minimum Gasteiger partial charge on any atom is -0.478 e. The molecule has 1 N–H and O–H groups in total. The van der Waals surface area contributed by atoms with Gasteiger partial charge >= 0.3 is 5.97 Å². The molecule has 0 saturated carbocycles. The van der Waals surface area contributed by atoms with Gasteiger partial charge in [-0.25, -0.2) is 9.48 Å². The highest BCUT2D eigenvalue weighted by atomic mass is 35.5. The van der Waals surface area contributed by atoms with E-state index in [4.69, 9.17) is 22.0 Å². The lowest BCUT2D eigenvalue weighted by atomic mass is 10.2. The number of carboxylic acid groups (broad SMARTS) is 1. The number of carboxylic acids is 1. The van der Waals surface area contributed by atoms with E-state index < -0.39 is 5.97 Å². The second-order valence-electron chi connectivity index (χ2n) is 3.84. The van der Waals surface area contributed by atoms with Crippen LogP contribution >= 0.6 is 11.6 Å². The monoisotopic (exact) mass is 275 g/mol. The standard InChI is InChI=1S/C13H10ClN3O2/c1-2-10-11(13(18)19)12(14)17(16-10)9-5-3-8(7-15)4-6-9/h3-6H,2H2,1H3,(H,18,19). The van der Waals surface area contributed by atoms with Crippen molar-refractivity contribution in [2.75, 3.05) is 0 Å². The van der Waals surface area contributed by atoms with Gasteiger partial charge in [0.1, 0.15) is 10.7 Å². The molecule has 2 rings (SSSR count). The highest BCUT2D eigenvalue weighted by Gasteiger charge is 2.21.